The molecule has 0 saturated carbocycles. The summed E-state index contributed by atoms with van der Waals surface area (Å²) in [5.41, 5.74) is 14.6. The Balaban J connectivity index is 1.02. The Morgan fingerprint density at radius 3 is 1.55 bits per heavy atom. The van der Waals surface area contributed by atoms with Crippen LogP contribution in [-0.4, -0.2) is 0 Å². The highest BCUT2D eigenvalue weighted by molar-refractivity contribution is 6.24. The highest BCUT2D eigenvalue weighted by Crippen LogP contribution is 2.57. The van der Waals surface area contributed by atoms with E-state index in [0.717, 1.165) is 11.2 Å². The standard InChI is InChI=1S/C55H36O/c1-55(2)47-30-29-37(32-46(47)51-43-19-9-10-20-44(43)54-52(53(51)55)45-21-11-12-22-48(45)56-54)34-23-26-35(27-24-34)49-39-15-5-7-17-41(39)50(42-18-8-6-16-40(42)49)38-28-25-33-13-3-4-14-36(33)31-38/h3-32H,1-2H3. The van der Waals surface area contributed by atoms with Crippen molar-refractivity contribution in [3.05, 3.63) is 193 Å². The van der Waals surface area contributed by atoms with E-state index in [1.54, 1.807) is 0 Å². The van der Waals surface area contributed by atoms with Crippen LogP contribution in [-0.2, 0) is 5.41 Å². The summed E-state index contributed by atoms with van der Waals surface area (Å²) in [6.07, 6.45) is 0. The van der Waals surface area contributed by atoms with E-state index in [1.165, 1.54) is 109 Å². The lowest BCUT2D eigenvalue weighted by Crippen LogP contribution is -2.15. The topological polar surface area (TPSA) is 13.1 Å². The minimum absolute atomic E-state index is 0.191. The van der Waals surface area contributed by atoms with Crippen LogP contribution in [0.15, 0.2) is 186 Å². The minimum atomic E-state index is -0.191. The number of hydrogen-bond donors (Lipinski definition) is 0. The lowest BCUT2D eigenvalue weighted by Gasteiger charge is -2.23. The van der Waals surface area contributed by atoms with Gasteiger partial charge in [0.25, 0.3) is 0 Å². The number of rotatable bonds is 3. The third-order valence-corrected chi connectivity index (χ3v) is 12.6. The predicted octanol–water partition coefficient (Wildman–Crippen LogP) is 15.5. The van der Waals surface area contributed by atoms with Crippen molar-refractivity contribution >= 4 is 65.0 Å². The van der Waals surface area contributed by atoms with Gasteiger partial charge in [-0.2, -0.15) is 0 Å². The maximum atomic E-state index is 6.62. The van der Waals surface area contributed by atoms with Gasteiger partial charge < -0.3 is 4.42 Å². The molecule has 1 heterocycles. The summed E-state index contributed by atoms with van der Waals surface area (Å²) < 4.78 is 6.62. The van der Waals surface area contributed by atoms with E-state index in [-0.39, 0.29) is 5.41 Å². The normalized spacial score (nSPS) is 13.3. The maximum Gasteiger partial charge on any atom is 0.143 e. The van der Waals surface area contributed by atoms with Crippen LogP contribution in [0, 0.1) is 0 Å². The van der Waals surface area contributed by atoms with Crippen molar-refractivity contribution in [1.29, 1.82) is 0 Å². The highest BCUT2D eigenvalue weighted by Gasteiger charge is 2.40. The summed E-state index contributed by atoms with van der Waals surface area (Å²) in [6.45, 7) is 4.75. The zero-order chi connectivity index (χ0) is 37.1. The number of furan rings is 1. The lowest BCUT2D eigenvalue weighted by atomic mass is 9.79. The quantitative estimate of drug-likeness (QED) is 0.166. The molecule has 0 spiro atoms. The Hall–Kier alpha value is -6.96. The van der Waals surface area contributed by atoms with E-state index in [1.807, 2.05) is 0 Å². The van der Waals surface area contributed by atoms with Crippen LogP contribution in [0.2, 0.25) is 0 Å². The van der Waals surface area contributed by atoms with Crippen molar-refractivity contribution < 1.29 is 4.42 Å². The maximum absolute atomic E-state index is 6.62. The monoisotopic (exact) mass is 712 g/mol. The fourth-order valence-corrected chi connectivity index (χ4v) is 10.1. The van der Waals surface area contributed by atoms with Gasteiger partial charge in [-0.1, -0.05) is 178 Å². The minimum Gasteiger partial charge on any atom is -0.455 e. The molecule has 1 aliphatic rings. The number of fused-ring (bicyclic) bond motifs is 13. The van der Waals surface area contributed by atoms with Gasteiger partial charge in [-0.05, 0) is 112 Å². The Kier molecular flexibility index (Phi) is 6.46. The second kappa shape index (κ2) is 11.5. The molecule has 0 fully saturated rings. The number of hydrogen-bond acceptors (Lipinski definition) is 1. The molecular formula is C55H36O. The fraction of sp³-hybridized carbons (Fsp3) is 0.0545. The van der Waals surface area contributed by atoms with Crippen molar-refractivity contribution in [1.82, 2.24) is 0 Å². The van der Waals surface area contributed by atoms with Crippen LogP contribution in [0.4, 0.5) is 0 Å². The first-order valence-electron chi connectivity index (χ1n) is 19.6. The molecule has 0 radical (unpaired) electrons. The molecular weight excluding hydrogens is 677 g/mol. The van der Waals surface area contributed by atoms with Crippen molar-refractivity contribution in [2.75, 3.05) is 0 Å². The zero-order valence-electron chi connectivity index (χ0n) is 31.2. The molecule has 0 aliphatic heterocycles. The molecule has 0 saturated heterocycles. The Bertz CT molecular complexity index is 3370. The first-order valence-corrected chi connectivity index (χ1v) is 19.6. The molecule has 0 amide bonds. The largest absolute Gasteiger partial charge is 0.455 e. The van der Waals surface area contributed by atoms with E-state index in [0.29, 0.717) is 0 Å². The second-order valence-electron chi connectivity index (χ2n) is 16.0. The SMILES string of the molecule is CC1(C)c2ccc(-c3ccc(-c4c5ccccc5c(-c5ccc6ccccc6c5)c5ccccc45)cc3)cc2-c2c1c1c3ccccc3oc1c1ccccc21. The van der Waals surface area contributed by atoms with E-state index in [2.05, 4.69) is 196 Å². The van der Waals surface area contributed by atoms with Gasteiger partial charge in [-0.3, -0.25) is 0 Å². The molecule has 262 valence electrons. The van der Waals surface area contributed by atoms with E-state index in [4.69, 9.17) is 4.42 Å². The van der Waals surface area contributed by atoms with Crippen molar-refractivity contribution in [2.24, 2.45) is 0 Å². The molecule has 0 unspecified atom stereocenters. The Morgan fingerprint density at radius 2 is 0.875 bits per heavy atom. The number of benzene rings is 10. The highest BCUT2D eigenvalue weighted by atomic mass is 16.3. The fourth-order valence-electron chi connectivity index (χ4n) is 10.1. The van der Waals surface area contributed by atoms with Gasteiger partial charge in [-0.25, -0.2) is 0 Å². The van der Waals surface area contributed by atoms with Gasteiger partial charge in [0.2, 0.25) is 0 Å². The van der Waals surface area contributed by atoms with Crippen LogP contribution >= 0.6 is 0 Å². The molecule has 0 bridgehead atoms. The molecule has 56 heavy (non-hydrogen) atoms. The average Bonchev–Trinajstić information content (AvgIpc) is 3.75. The summed E-state index contributed by atoms with van der Waals surface area (Å²) in [4.78, 5) is 0. The second-order valence-corrected chi connectivity index (χ2v) is 16.0. The van der Waals surface area contributed by atoms with E-state index < -0.39 is 0 Å². The molecule has 11 aromatic rings. The summed E-state index contributed by atoms with van der Waals surface area (Å²) in [5, 5.41) is 12.4. The van der Waals surface area contributed by atoms with Crippen LogP contribution in [0.3, 0.4) is 0 Å². The van der Waals surface area contributed by atoms with E-state index in [9.17, 15) is 0 Å². The predicted molar refractivity (Wildman–Crippen MR) is 238 cm³/mol. The van der Waals surface area contributed by atoms with Crippen LogP contribution < -0.4 is 0 Å². The molecule has 1 aliphatic carbocycles. The molecule has 12 rings (SSSR count). The van der Waals surface area contributed by atoms with Gasteiger partial charge in [0.15, 0.2) is 0 Å². The average molecular weight is 713 g/mol. The summed E-state index contributed by atoms with van der Waals surface area (Å²) >= 11 is 0. The smallest absolute Gasteiger partial charge is 0.143 e. The summed E-state index contributed by atoms with van der Waals surface area (Å²) in [6, 6.07) is 67.0. The van der Waals surface area contributed by atoms with Crippen LogP contribution in [0.5, 0.6) is 0 Å². The first-order chi connectivity index (χ1) is 27.5. The zero-order valence-corrected chi connectivity index (χ0v) is 31.2. The third-order valence-electron chi connectivity index (χ3n) is 12.6. The lowest BCUT2D eigenvalue weighted by molar-refractivity contribution is 0.659. The van der Waals surface area contributed by atoms with Gasteiger partial charge in [0, 0.05) is 21.6 Å². The van der Waals surface area contributed by atoms with Gasteiger partial charge in [0.1, 0.15) is 11.2 Å². The molecule has 0 N–H and O–H groups in total. The first kappa shape index (κ1) is 31.4. The Labute approximate surface area is 325 Å². The van der Waals surface area contributed by atoms with Gasteiger partial charge in [0.05, 0.1) is 0 Å². The number of para-hydroxylation sites is 1. The summed E-state index contributed by atoms with van der Waals surface area (Å²) in [5.74, 6) is 0. The van der Waals surface area contributed by atoms with Crippen LogP contribution in [0.1, 0.15) is 25.0 Å². The molecule has 1 heteroatoms. The van der Waals surface area contributed by atoms with Gasteiger partial charge in [-0.15, -0.1) is 0 Å². The molecule has 0 atom stereocenters. The van der Waals surface area contributed by atoms with Crippen LogP contribution in [0.25, 0.3) is 110 Å². The van der Waals surface area contributed by atoms with Crippen molar-refractivity contribution in [3.63, 3.8) is 0 Å². The Morgan fingerprint density at radius 1 is 0.375 bits per heavy atom. The van der Waals surface area contributed by atoms with Gasteiger partial charge >= 0.3 is 0 Å². The summed E-state index contributed by atoms with van der Waals surface area (Å²) in [7, 11) is 0. The van der Waals surface area contributed by atoms with Crippen molar-refractivity contribution in [2.45, 2.75) is 19.3 Å². The van der Waals surface area contributed by atoms with E-state index >= 15 is 0 Å². The third kappa shape index (κ3) is 4.31. The molecule has 1 nitrogen and oxygen atoms in total. The van der Waals surface area contributed by atoms with Crippen molar-refractivity contribution in [3.8, 4) is 44.5 Å². The molecule has 10 aromatic carbocycles. The molecule has 1 aromatic heterocycles.